The Morgan fingerprint density at radius 2 is 2.06 bits per heavy atom. The zero-order chi connectivity index (χ0) is 13.6. The van der Waals surface area contributed by atoms with Gasteiger partial charge in [-0.2, -0.15) is 0 Å². The fourth-order valence-electron chi connectivity index (χ4n) is 2.07. The number of rotatable bonds is 8. The van der Waals surface area contributed by atoms with Crippen LogP contribution in [0.5, 0.6) is 0 Å². The first-order chi connectivity index (χ1) is 8.41. The monoisotopic (exact) mass is 278 g/mol. The van der Waals surface area contributed by atoms with Crippen molar-refractivity contribution >= 4 is 10.0 Å². The largest absolute Gasteiger partial charge is 0.377 e. The van der Waals surface area contributed by atoms with Gasteiger partial charge in [0, 0.05) is 18.7 Å². The lowest BCUT2D eigenvalue weighted by Gasteiger charge is -2.20. The van der Waals surface area contributed by atoms with Gasteiger partial charge < -0.3 is 10.1 Å². The molecule has 0 saturated carbocycles. The van der Waals surface area contributed by atoms with Gasteiger partial charge in [0.25, 0.3) is 0 Å². The van der Waals surface area contributed by atoms with E-state index in [2.05, 4.69) is 10.0 Å². The smallest absolute Gasteiger partial charge is 0.211 e. The number of sulfonamides is 1. The maximum atomic E-state index is 11.8. The van der Waals surface area contributed by atoms with Gasteiger partial charge in [-0.3, -0.25) is 0 Å². The van der Waals surface area contributed by atoms with Crippen molar-refractivity contribution in [3.63, 3.8) is 0 Å². The standard InChI is InChI=1S/C12H26N2O3S/c1-10(2)13-7-5-9-18(15,16)14-11(3)12-6-4-8-17-12/h10-14H,4-9H2,1-3H3. The van der Waals surface area contributed by atoms with Crippen LogP contribution in [0.3, 0.4) is 0 Å². The lowest BCUT2D eigenvalue weighted by atomic mass is 10.1. The Balaban J connectivity index is 2.25. The van der Waals surface area contributed by atoms with E-state index < -0.39 is 10.0 Å². The summed E-state index contributed by atoms with van der Waals surface area (Å²) in [7, 11) is -3.19. The third kappa shape index (κ3) is 6.13. The molecule has 0 amide bonds. The fourth-order valence-corrected chi connectivity index (χ4v) is 3.43. The molecule has 108 valence electrons. The third-order valence-corrected chi connectivity index (χ3v) is 4.59. The van der Waals surface area contributed by atoms with Crippen LogP contribution < -0.4 is 10.0 Å². The third-order valence-electron chi connectivity index (χ3n) is 3.03. The van der Waals surface area contributed by atoms with E-state index in [9.17, 15) is 8.42 Å². The second-order valence-electron chi connectivity index (χ2n) is 5.24. The Kier molecular flexibility index (Phi) is 6.55. The first-order valence-electron chi connectivity index (χ1n) is 6.76. The van der Waals surface area contributed by atoms with Crippen molar-refractivity contribution in [2.75, 3.05) is 18.9 Å². The van der Waals surface area contributed by atoms with E-state index in [1.807, 2.05) is 20.8 Å². The molecule has 2 unspecified atom stereocenters. The van der Waals surface area contributed by atoms with Crippen molar-refractivity contribution in [3.05, 3.63) is 0 Å². The van der Waals surface area contributed by atoms with Crippen LogP contribution in [0.2, 0.25) is 0 Å². The molecule has 6 heteroatoms. The van der Waals surface area contributed by atoms with Gasteiger partial charge in [0.1, 0.15) is 0 Å². The number of hydrogen-bond acceptors (Lipinski definition) is 4. The van der Waals surface area contributed by atoms with Crippen molar-refractivity contribution in [2.24, 2.45) is 0 Å². The molecule has 0 spiro atoms. The van der Waals surface area contributed by atoms with Crippen molar-refractivity contribution in [1.29, 1.82) is 0 Å². The highest BCUT2D eigenvalue weighted by atomic mass is 32.2. The quantitative estimate of drug-likeness (QED) is 0.646. The molecule has 0 aliphatic carbocycles. The topological polar surface area (TPSA) is 67.4 Å². The molecule has 1 rings (SSSR count). The van der Waals surface area contributed by atoms with E-state index in [0.29, 0.717) is 12.5 Å². The minimum absolute atomic E-state index is 0.0357. The highest BCUT2D eigenvalue weighted by molar-refractivity contribution is 7.89. The lowest BCUT2D eigenvalue weighted by Crippen LogP contribution is -2.42. The van der Waals surface area contributed by atoms with Crippen LogP contribution >= 0.6 is 0 Å². The first-order valence-corrected chi connectivity index (χ1v) is 8.41. The summed E-state index contributed by atoms with van der Waals surface area (Å²) in [5.74, 6) is 0.170. The molecule has 1 fully saturated rings. The minimum atomic E-state index is -3.19. The molecule has 0 aromatic carbocycles. The first kappa shape index (κ1) is 15.9. The van der Waals surface area contributed by atoms with Gasteiger partial charge in [0.2, 0.25) is 10.0 Å². The van der Waals surface area contributed by atoms with Crippen LogP contribution in [0.25, 0.3) is 0 Å². The molecule has 1 saturated heterocycles. The average molecular weight is 278 g/mol. The summed E-state index contributed by atoms with van der Waals surface area (Å²) in [5.41, 5.74) is 0. The molecule has 18 heavy (non-hydrogen) atoms. The predicted octanol–water partition coefficient (Wildman–Crippen LogP) is 0.861. The van der Waals surface area contributed by atoms with Crippen LogP contribution in [0.4, 0.5) is 0 Å². The van der Waals surface area contributed by atoms with Crippen molar-refractivity contribution < 1.29 is 13.2 Å². The van der Waals surface area contributed by atoms with Gasteiger partial charge in [0.15, 0.2) is 0 Å². The number of ether oxygens (including phenoxy) is 1. The van der Waals surface area contributed by atoms with E-state index in [1.165, 1.54) is 0 Å². The summed E-state index contributed by atoms with van der Waals surface area (Å²) in [5, 5.41) is 3.21. The lowest BCUT2D eigenvalue weighted by molar-refractivity contribution is 0.0902. The summed E-state index contributed by atoms with van der Waals surface area (Å²) in [6.07, 6.45) is 2.63. The van der Waals surface area contributed by atoms with Crippen molar-refractivity contribution in [2.45, 2.75) is 58.2 Å². The highest BCUT2D eigenvalue weighted by Gasteiger charge is 2.25. The van der Waals surface area contributed by atoms with E-state index in [-0.39, 0.29) is 17.9 Å². The second-order valence-corrected chi connectivity index (χ2v) is 7.11. The van der Waals surface area contributed by atoms with Crippen molar-refractivity contribution in [3.8, 4) is 0 Å². The summed E-state index contributed by atoms with van der Waals surface area (Å²) >= 11 is 0. The van der Waals surface area contributed by atoms with Gasteiger partial charge in [0.05, 0.1) is 11.9 Å². The maximum Gasteiger partial charge on any atom is 0.211 e. The van der Waals surface area contributed by atoms with Gasteiger partial charge in [-0.25, -0.2) is 13.1 Å². The maximum absolute atomic E-state index is 11.8. The molecule has 0 aromatic rings. The summed E-state index contributed by atoms with van der Waals surface area (Å²) < 4.78 is 31.9. The highest BCUT2D eigenvalue weighted by Crippen LogP contribution is 2.15. The molecule has 2 atom stereocenters. The van der Waals surface area contributed by atoms with E-state index in [1.54, 1.807) is 0 Å². The van der Waals surface area contributed by atoms with Crippen molar-refractivity contribution in [1.82, 2.24) is 10.0 Å². The summed E-state index contributed by atoms with van der Waals surface area (Å²) in [6, 6.07) is 0.266. The SMILES string of the molecule is CC(C)NCCCS(=O)(=O)NC(C)C1CCCO1. The Hall–Kier alpha value is -0.170. The van der Waals surface area contributed by atoms with Gasteiger partial charge in [-0.15, -0.1) is 0 Å². The van der Waals surface area contributed by atoms with Crippen LogP contribution in [-0.2, 0) is 14.8 Å². The zero-order valence-corrected chi connectivity index (χ0v) is 12.4. The molecule has 0 radical (unpaired) electrons. The molecule has 0 bridgehead atoms. The van der Waals surface area contributed by atoms with Crippen LogP contribution in [-0.4, -0.2) is 45.5 Å². The van der Waals surface area contributed by atoms with Gasteiger partial charge >= 0.3 is 0 Å². The molecule has 1 aliphatic rings. The second kappa shape index (κ2) is 7.43. The molecule has 5 nitrogen and oxygen atoms in total. The van der Waals surface area contributed by atoms with Gasteiger partial charge in [-0.1, -0.05) is 13.8 Å². The van der Waals surface area contributed by atoms with E-state index in [4.69, 9.17) is 4.74 Å². The fraction of sp³-hybridized carbons (Fsp3) is 1.00. The molecule has 1 aliphatic heterocycles. The Morgan fingerprint density at radius 3 is 2.61 bits per heavy atom. The normalized spacial score (nSPS) is 22.6. The molecule has 2 N–H and O–H groups in total. The van der Waals surface area contributed by atoms with Crippen LogP contribution in [0.15, 0.2) is 0 Å². The number of hydrogen-bond donors (Lipinski definition) is 2. The number of nitrogens with one attached hydrogen (secondary N) is 2. The molecular formula is C12H26N2O3S. The zero-order valence-electron chi connectivity index (χ0n) is 11.6. The molecular weight excluding hydrogens is 252 g/mol. The average Bonchev–Trinajstić information content (AvgIpc) is 2.77. The van der Waals surface area contributed by atoms with E-state index >= 15 is 0 Å². The Morgan fingerprint density at radius 1 is 1.33 bits per heavy atom. The van der Waals surface area contributed by atoms with Gasteiger partial charge in [-0.05, 0) is 32.7 Å². The minimum Gasteiger partial charge on any atom is -0.377 e. The Bertz CT molecular complexity index is 324. The van der Waals surface area contributed by atoms with E-state index in [0.717, 1.165) is 26.0 Å². The predicted molar refractivity (Wildman–Crippen MR) is 73.1 cm³/mol. The summed E-state index contributed by atoms with van der Waals surface area (Å²) in [4.78, 5) is 0. The Labute approximate surface area is 111 Å². The van der Waals surface area contributed by atoms with Crippen LogP contribution in [0.1, 0.15) is 40.0 Å². The van der Waals surface area contributed by atoms with Crippen LogP contribution in [0, 0.1) is 0 Å². The molecule has 1 heterocycles. The molecule has 0 aromatic heterocycles. The summed E-state index contributed by atoms with van der Waals surface area (Å²) in [6.45, 7) is 7.44.